The highest BCUT2D eigenvalue weighted by molar-refractivity contribution is 6.45. The summed E-state index contributed by atoms with van der Waals surface area (Å²) in [6.45, 7) is 0. The summed E-state index contributed by atoms with van der Waals surface area (Å²) >= 11 is 12.1. The first-order valence-electron chi connectivity index (χ1n) is 5.21. The van der Waals surface area contributed by atoms with E-state index in [0.717, 1.165) is 12.1 Å². The maximum Gasteiger partial charge on any atom is 0.235 e. The zero-order valence-electron chi connectivity index (χ0n) is 9.24. The van der Waals surface area contributed by atoms with Gasteiger partial charge in [-0.25, -0.2) is 18.7 Å². The summed E-state index contributed by atoms with van der Waals surface area (Å²) in [5.41, 5.74) is 0.306. The van der Waals surface area contributed by atoms with Crippen LogP contribution in [-0.2, 0) is 0 Å². The molecule has 96 valence electrons. The van der Waals surface area contributed by atoms with E-state index in [1.807, 2.05) is 0 Å². The summed E-state index contributed by atoms with van der Waals surface area (Å²) in [7, 11) is 0. The number of rotatable bonds is 1. The van der Waals surface area contributed by atoms with Crippen molar-refractivity contribution in [3.05, 3.63) is 52.4 Å². The molecule has 0 radical (unpaired) electrons. The maximum absolute atomic E-state index is 13.4. The van der Waals surface area contributed by atoms with Crippen LogP contribution in [0.1, 0.15) is 0 Å². The Bertz CT molecular complexity index is 772. The van der Waals surface area contributed by atoms with Crippen molar-refractivity contribution in [2.75, 3.05) is 0 Å². The van der Waals surface area contributed by atoms with E-state index in [1.54, 1.807) is 6.07 Å². The Morgan fingerprint density at radius 3 is 2.32 bits per heavy atom. The topological polar surface area (TPSA) is 30.7 Å². The van der Waals surface area contributed by atoms with Crippen LogP contribution in [0.4, 0.5) is 8.78 Å². The normalized spacial score (nSPS) is 11.2. The van der Waals surface area contributed by atoms with Crippen LogP contribution in [0.25, 0.3) is 16.9 Å². The van der Waals surface area contributed by atoms with Crippen LogP contribution in [0.3, 0.4) is 0 Å². The second-order valence-electron chi connectivity index (χ2n) is 3.77. The predicted octanol–water partition coefficient (Wildman–Crippen LogP) is 4.01. The van der Waals surface area contributed by atoms with Crippen LogP contribution in [0.5, 0.6) is 0 Å². The van der Waals surface area contributed by atoms with Crippen molar-refractivity contribution in [3.8, 4) is 5.95 Å². The van der Waals surface area contributed by atoms with Crippen LogP contribution in [0, 0.1) is 11.6 Å². The third-order valence-corrected chi connectivity index (χ3v) is 3.48. The third kappa shape index (κ3) is 1.86. The van der Waals surface area contributed by atoms with Gasteiger partial charge in [0.1, 0.15) is 5.15 Å². The zero-order valence-corrected chi connectivity index (χ0v) is 10.8. The fourth-order valence-electron chi connectivity index (χ4n) is 1.81. The number of benzene rings is 1. The van der Waals surface area contributed by atoms with Gasteiger partial charge in [0.05, 0.1) is 10.5 Å². The minimum Gasteiger partial charge on any atom is -0.267 e. The van der Waals surface area contributed by atoms with Crippen molar-refractivity contribution in [3.63, 3.8) is 0 Å². The molecule has 7 heteroatoms. The number of halogens is 4. The SMILES string of the molecule is Fc1cc2c(Cl)c(Cl)n(-c3ncccn3)c2cc1F. The lowest BCUT2D eigenvalue weighted by atomic mass is 10.2. The molecule has 0 bridgehead atoms. The van der Waals surface area contributed by atoms with Crippen LogP contribution in [0.2, 0.25) is 10.2 Å². The molecule has 3 rings (SSSR count). The molecule has 0 aliphatic heterocycles. The molecule has 0 fully saturated rings. The van der Waals surface area contributed by atoms with Gasteiger partial charge in [0.25, 0.3) is 0 Å². The lowest BCUT2D eigenvalue weighted by molar-refractivity contribution is 0.510. The van der Waals surface area contributed by atoms with Crippen molar-refractivity contribution >= 4 is 34.1 Å². The Morgan fingerprint density at radius 1 is 1.00 bits per heavy atom. The molecule has 0 N–H and O–H groups in total. The minimum atomic E-state index is -0.990. The second kappa shape index (κ2) is 4.43. The van der Waals surface area contributed by atoms with E-state index < -0.39 is 11.6 Å². The maximum atomic E-state index is 13.4. The predicted molar refractivity (Wildman–Crippen MR) is 68.8 cm³/mol. The molecule has 0 aliphatic rings. The Labute approximate surface area is 116 Å². The molecule has 0 atom stereocenters. The molecule has 0 spiro atoms. The van der Waals surface area contributed by atoms with E-state index in [-0.39, 0.29) is 16.1 Å². The molecule has 2 aromatic heterocycles. The average molecular weight is 300 g/mol. The Hall–Kier alpha value is -1.72. The smallest absolute Gasteiger partial charge is 0.235 e. The average Bonchev–Trinajstić information content (AvgIpc) is 2.64. The van der Waals surface area contributed by atoms with Gasteiger partial charge in [-0.2, -0.15) is 0 Å². The van der Waals surface area contributed by atoms with E-state index in [0.29, 0.717) is 10.9 Å². The molecule has 3 aromatic rings. The van der Waals surface area contributed by atoms with Gasteiger partial charge in [-0.05, 0) is 12.1 Å². The number of aromatic nitrogens is 3. The lowest BCUT2D eigenvalue weighted by Crippen LogP contribution is -2.00. The summed E-state index contributed by atoms with van der Waals surface area (Å²) < 4.78 is 28.0. The lowest BCUT2D eigenvalue weighted by Gasteiger charge is -2.04. The van der Waals surface area contributed by atoms with E-state index in [1.165, 1.54) is 17.0 Å². The fraction of sp³-hybridized carbons (Fsp3) is 0. The van der Waals surface area contributed by atoms with Crippen molar-refractivity contribution in [2.24, 2.45) is 0 Å². The van der Waals surface area contributed by atoms with Crippen LogP contribution in [0.15, 0.2) is 30.6 Å². The van der Waals surface area contributed by atoms with Gasteiger partial charge < -0.3 is 0 Å². The van der Waals surface area contributed by atoms with Gasteiger partial charge >= 0.3 is 0 Å². The van der Waals surface area contributed by atoms with Crippen LogP contribution >= 0.6 is 23.2 Å². The standard InChI is InChI=1S/C12H5Cl2F2N3/c13-10-6-4-7(15)8(16)5-9(6)19(11(10)14)12-17-2-1-3-18-12/h1-5H. The minimum absolute atomic E-state index is 0.105. The van der Waals surface area contributed by atoms with Gasteiger partial charge in [0.2, 0.25) is 5.95 Å². The summed E-state index contributed by atoms with van der Waals surface area (Å²) in [6, 6.07) is 3.64. The van der Waals surface area contributed by atoms with E-state index in [4.69, 9.17) is 23.2 Å². The first kappa shape index (κ1) is 12.3. The molecule has 3 nitrogen and oxygen atoms in total. The van der Waals surface area contributed by atoms with Gasteiger partial charge in [-0.15, -0.1) is 0 Å². The largest absolute Gasteiger partial charge is 0.267 e. The first-order chi connectivity index (χ1) is 9.09. The molecule has 0 aliphatic carbocycles. The summed E-state index contributed by atoms with van der Waals surface area (Å²) in [4.78, 5) is 8.04. The van der Waals surface area contributed by atoms with Gasteiger partial charge in [-0.1, -0.05) is 23.2 Å². The highest BCUT2D eigenvalue weighted by Gasteiger charge is 2.19. The zero-order chi connectivity index (χ0) is 13.6. The molecule has 0 saturated heterocycles. The van der Waals surface area contributed by atoms with Crippen LogP contribution in [-0.4, -0.2) is 14.5 Å². The van der Waals surface area contributed by atoms with E-state index in [2.05, 4.69) is 9.97 Å². The van der Waals surface area contributed by atoms with E-state index >= 15 is 0 Å². The Balaban J connectivity index is 2.43. The summed E-state index contributed by atoms with van der Waals surface area (Å²) in [5, 5.41) is 0.536. The van der Waals surface area contributed by atoms with Gasteiger partial charge in [0.15, 0.2) is 11.6 Å². The van der Waals surface area contributed by atoms with Crippen molar-refractivity contribution in [1.29, 1.82) is 0 Å². The number of hydrogen-bond acceptors (Lipinski definition) is 2. The molecule has 1 aromatic carbocycles. The molecule has 0 amide bonds. The Kier molecular flexibility index (Phi) is 2.88. The van der Waals surface area contributed by atoms with Crippen molar-refractivity contribution in [2.45, 2.75) is 0 Å². The highest BCUT2D eigenvalue weighted by Crippen LogP contribution is 2.36. The molecule has 0 unspecified atom stereocenters. The quantitative estimate of drug-likeness (QED) is 0.680. The first-order valence-corrected chi connectivity index (χ1v) is 5.97. The molecular formula is C12H5Cl2F2N3. The molecule has 2 heterocycles. The monoisotopic (exact) mass is 299 g/mol. The van der Waals surface area contributed by atoms with Crippen molar-refractivity contribution < 1.29 is 8.78 Å². The fourth-order valence-corrected chi connectivity index (χ4v) is 2.32. The summed E-state index contributed by atoms with van der Waals surface area (Å²) in [5.74, 6) is -1.75. The van der Waals surface area contributed by atoms with Gasteiger partial charge in [-0.3, -0.25) is 4.57 Å². The van der Waals surface area contributed by atoms with Crippen LogP contribution < -0.4 is 0 Å². The number of nitrogens with zero attached hydrogens (tertiary/aromatic N) is 3. The van der Waals surface area contributed by atoms with Crippen molar-refractivity contribution in [1.82, 2.24) is 14.5 Å². The number of hydrogen-bond donors (Lipinski definition) is 0. The summed E-state index contributed by atoms with van der Waals surface area (Å²) in [6.07, 6.45) is 3.02. The molecular weight excluding hydrogens is 295 g/mol. The second-order valence-corrected chi connectivity index (χ2v) is 4.51. The number of fused-ring (bicyclic) bond motifs is 1. The highest BCUT2D eigenvalue weighted by atomic mass is 35.5. The van der Waals surface area contributed by atoms with E-state index in [9.17, 15) is 8.78 Å². The third-order valence-electron chi connectivity index (χ3n) is 2.65. The molecule has 19 heavy (non-hydrogen) atoms. The van der Waals surface area contributed by atoms with Gasteiger partial charge in [0, 0.05) is 23.8 Å². The Morgan fingerprint density at radius 2 is 1.63 bits per heavy atom. The molecule has 0 saturated carbocycles.